The van der Waals surface area contributed by atoms with Crippen molar-refractivity contribution < 1.29 is 19.4 Å². The van der Waals surface area contributed by atoms with E-state index in [1.54, 1.807) is 7.11 Å². The average Bonchev–Trinajstić information content (AvgIpc) is 3.08. The minimum absolute atomic E-state index is 0.0439. The number of ether oxygens (including phenoxy) is 2. The van der Waals surface area contributed by atoms with Gasteiger partial charge in [0, 0.05) is 25.8 Å². The van der Waals surface area contributed by atoms with E-state index in [2.05, 4.69) is 15.3 Å². The Bertz CT molecular complexity index is 1030. The van der Waals surface area contributed by atoms with Crippen molar-refractivity contribution in [1.82, 2.24) is 24.9 Å². The number of nitrogen functional groups attached to an aromatic ring is 1. The summed E-state index contributed by atoms with van der Waals surface area (Å²) in [6.07, 6.45) is 0.427. The molecule has 1 aliphatic heterocycles. The van der Waals surface area contributed by atoms with Gasteiger partial charge in [0.1, 0.15) is 5.75 Å². The Kier molecular flexibility index (Phi) is 5.17. The van der Waals surface area contributed by atoms with Crippen LogP contribution in [-0.4, -0.2) is 63.1 Å². The molecule has 0 radical (unpaired) electrons. The van der Waals surface area contributed by atoms with Crippen molar-refractivity contribution in [2.75, 3.05) is 32.7 Å². The molecule has 0 atom stereocenters. The molecule has 4 rings (SSSR count). The minimum Gasteiger partial charge on any atom is -0.467 e. The molecule has 0 bridgehead atoms. The Morgan fingerprint density at radius 3 is 2.76 bits per heavy atom. The second-order valence-electron chi connectivity index (χ2n) is 6.84. The standard InChI is InChI=1S/C19H22N6O4/c1-28-11-29-16-5-3-2-4-13(16)14-10-15-17(22-21-14)18(20)23-25(15)12-6-8-24(9-7-12)19(26)27/h2-5,10,12H,6-9,11H2,1H3,(H2,20,23)(H,26,27). The number of carbonyl (C=O) groups is 1. The molecule has 2 aromatic heterocycles. The summed E-state index contributed by atoms with van der Waals surface area (Å²) in [5, 5.41) is 22.2. The normalized spacial score (nSPS) is 15.0. The smallest absolute Gasteiger partial charge is 0.407 e. The van der Waals surface area contributed by atoms with Crippen molar-refractivity contribution in [1.29, 1.82) is 0 Å². The minimum atomic E-state index is -0.894. The molecule has 1 aromatic carbocycles. The van der Waals surface area contributed by atoms with Crippen LogP contribution < -0.4 is 10.5 Å². The maximum Gasteiger partial charge on any atom is 0.407 e. The molecule has 0 saturated carbocycles. The number of methoxy groups -OCH3 is 1. The van der Waals surface area contributed by atoms with Gasteiger partial charge in [0.15, 0.2) is 18.1 Å². The van der Waals surface area contributed by atoms with Crippen LogP contribution >= 0.6 is 0 Å². The number of hydrogen-bond donors (Lipinski definition) is 2. The van der Waals surface area contributed by atoms with E-state index in [-0.39, 0.29) is 12.8 Å². The quantitative estimate of drug-likeness (QED) is 0.627. The third-order valence-corrected chi connectivity index (χ3v) is 5.05. The summed E-state index contributed by atoms with van der Waals surface area (Å²) < 4.78 is 12.5. The Hall–Kier alpha value is -3.40. The van der Waals surface area contributed by atoms with Crippen molar-refractivity contribution in [2.45, 2.75) is 18.9 Å². The molecule has 0 unspecified atom stereocenters. The lowest BCUT2D eigenvalue weighted by Crippen LogP contribution is -2.38. The fraction of sp³-hybridized carbons (Fsp3) is 0.368. The first-order chi connectivity index (χ1) is 14.1. The first-order valence-corrected chi connectivity index (χ1v) is 9.29. The Balaban J connectivity index is 1.70. The number of carboxylic acid groups (broad SMARTS) is 1. The highest BCUT2D eigenvalue weighted by Gasteiger charge is 2.26. The summed E-state index contributed by atoms with van der Waals surface area (Å²) in [6, 6.07) is 9.45. The highest BCUT2D eigenvalue weighted by Crippen LogP contribution is 2.33. The monoisotopic (exact) mass is 398 g/mol. The number of hydrogen-bond acceptors (Lipinski definition) is 7. The van der Waals surface area contributed by atoms with Gasteiger partial charge in [0.2, 0.25) is 0 Å². The van der Waals surface area contributed by atoms with Crippen LogP contribution in [0.1, 0.15) is 18.9 Å². The first kappa shape index (κ1) is 18.9. The lowest BCUT2D eigenvalue weighted by atomic mass is 10.1. The van der Waals surface area contributed by atoms with Gasteiger partial charge >= 0.3 is 6.09 Å². The number of para-hydroxylation sites is 1. The second-order valence-corrected chi connectivity index (χ2v) is 6.84. The number of benzene rings is 1. The summed E-state index contributed by atoms with van der Waals surface area (Å²) in [5.74, 6) is 0.945. The predicted octanol–water partition coefficient (Wildman–Crippen LogP) is 2.37. The zero-order valence-electron chi connectivity index (χ0n) is 16.0. The molecule has 29 heavy (non-hydrogen) atoms. The van der Waals surface area contributed by atoms with Crippen LogP contribution in [0.25, 0.3) is 22.3 Å². The van der Waals surface area contributed by atoms with Gasteiger partial charge in [0.25, 0.3) is 0 Å². The van der Waals surface area contributed by atoms with Gasteiger partial charge in [-0.3, -0.25) is 4.68 Å². The molecule has 10 nitrogen and oxygen atoms in total. The van der Waals surface area contributed by atoms with E-state index in [1.165, 1.54) is 4.90 Å². The molecule has 10 heteroatoms. The molecule has 0 aliphatic carbocycles. The summed E-state index contributed by atoms with van der Waals surface area (Å²) >= 11 is 0. The highest BCUT2D eigenvalue weighted by atomic mass is 16.7. The van der Waals surface area contributed by atoms with E-state index in [0.717, 1.165) is 11.1 Å². The van der Waals surface area contributed by atoms with E-state index >= 15 is 0 Å². The van der Waals surface area contributed by atoms with Crippen LogP contribution in [0.3, 0.4) is 0 Å². The number of fused-ring (bicyclic) bond motifs is 1. The second kappa shape index (κ2) is 7.92. The van der Waals surface area contributed by atoms with E-state index in [9.17, 15) is 4.79 Å². The SMILES string of the molecule is COCOc1ccccc1-c1cc2c(nn1)c(N)nn2C1CCN(C(=O)O)CC1. The predicted molar refractivity (Wildman–Crippen MR) is 106 cm³/mol. The molecule has 3 N–H and O–H groups in total. The number of rotatable bonds is 5. The summed E-state index contributed by atoms with van der Waals surface area (Å²) in [7, 11) is 1.56. The number of amides is 1. The van der Waals surface area contributed by atoms with Crippen LogP contribution in [0.4, 0.5) is 10.6 Å². The summed E-state index contributed by atoms with van der Waals surface area (Å²) in [6.45, 7) is 1.04. The Labute approximate surface area is 166 Å². The Morgan fingerprint density at radius 2 is 2.03 bits per heavy atom. The molecule has 152 valence electrons. The third kappa shape index (κ3) is 3.66. The fourth-order valence-corrected chi connectivity index (χ4v) is 3.59. The zero-order chi connectivity index (χ0) is 20.4. The largest absolute Gasteiger partial charge is 0.467 e. The number of likely N-dealkylation sites (tertiary alicyclic amines) is 1. The Morgan fingerprint density at radius 1 is 1.28 bits per heavy atom. The van der Waals surface area contributed by atoms with E-state index in [4.69, 9.17) is 20.3 Å². The molecule has 3 aromatic rings. The van der Waals surface area contributed by atoms with Crippen molar-refractivity contribution >= 4 is 22.9 Å². The maximum absolute atomic E-state index is 11.2. The number of nitrogens with two attached hydrogens (primary N) is 1. The molecule has 1 aliphatic rings. The zero-order valence-corrected chi connectivity index (χ0v) is 16.0. The molecule has 1 amide bonds. The van der Waals surface area contributed by atoms with Crippen LogP contribution in [0.5, 0.6) is 5.75 Å². The molecule has 0 spiro atoms. The molecule has 1 saturated heterocycles. The van der Waals surface area contributed by atoms with Crippen molar-refractivity contribution in [2.24, 2.45) is 0 Å². The number of nitrogens with zero attached hydrogens (tertiary/aromatic N) is 5. The van der Waals surface area contributed by atoms with Crippen molar-refractivity contribution in [3.05, 3.63) is 30.3 Å². The topological polar surface area (TPSA) is 129 Å². The number of piperidine rings is 1. The average molecular weight is 398 g/mol. The van der Waals surface area contributed by atoms with Crippen molar-refractivity contribution in [3.8, 4) is 17.0 Å². The van der Waals surface area contributed by atoms with Gasteiger partial charge in [0.05, 0.1) is 17.3 Å². The highest BCUT2D eigenvalue weighted by molar-refractivity contribution is 5.87. The van der Waals surface area contributed by atoms with Gasteiger partial charge in [-0.05, 0) is 31.0 Å². The number of anilines is 1. The maximum atomic E-state index is 11.2. The summed E-state index contributed by atoms with van der Waals surface area (Å²) in [4.78, 5) is 12.6. The van der Waals surface area contributed by atoms with Gasteiger partial charge in [-0.1, -0.05) is 12.1 Å². The van der Waals surface area contributed by atoms with E-state index in [0.29, 0.717) is 48.7 Å². The fourth-order valence-electron chi connectivity index (χ4n) is 3.59. The first-order valence-electron chi connectivity index (χ1n) is 9.29. The van der Waals surface area contributed by atoms with Gasteiger partial charge < -0.3 is 25.2 Å². The van der Waals surface area contributed by atoms with Gasteiger partial charge in [-0.2, -0.15) is 5.10 Å². The van der Waals surface area contributed by atoms with Crippen LogP contribution in [0.2, 0.25) is 0 Å². The van der Waals surface area contributed by atoms with Gasteiger partial charge in [-0.15, -0.1) is 10.2 Å². The lowest BCUT2D eigenvalue weighted by molar-refractivity contribution is 0.0515. The van der Waals surface area contributed by atoms with Crippen LogP contribution in [0, 0.1) is 0 Å². The van der Waals surface area contributed by atoms with Gasteiger partial charge in [-0.25, -0.2) is 4.79 Å². The third-order valence-electron chi connectivity index (χ3n) is 5.05. The lowest BCUT2D eigenvalue weighted by Gasteiger charge is -2.30. The van der Waals surface area contributed by atoms with Crippen molar-refractivity contribution in [3.63, 3.8) is 0 Å². The molecule has 3 heterocycles. The van der Waals surface area contributed by atoms with Crippen LogP contribution in [0.15, 0.2) is 30.3 Å². The van der Waals surface area contributed by atoms with Crippen LogP contribution in [-0.2, 0) is 4.74 Å². The van der Waals surface area contributed by atoms with E-state index in [1.807, 2.05) is 35.0 Å². The van der Waals surface area contributed by atoms with E-state index < -0.39 is 6.09 Å². The molecule has 1 fully saturated rings. The summed E-state index contributed by atoms with van der Waals surface area (Å²) in [5.41, 5.74) is 8.78. The number of aromatic nitrogens is 4. The molecular weight excluding hydrogens is 376 g/mol. The molecular formula is C19H22N6O4.